The minimum atomic E-state index is 0.385. The van der Waals surface area contributed by atoms with Crippen molar-refractivity contribution in [1.29, 1.82) is 5.26 Å². The van der Waals surface area contributed by atoms with E-state index < -0.39 is 0 Å². The van der Waals surface area contributed by atoms with Gasteiger partial charge in [0.2, 0.25) is 0 Å². The molecule has 0 N–H and O–H groups in total. The Balaban J connectivity index is 0.841. The van der Waals surface area contributed by atoms with Crippen molar-refractivity contribution < 1.29 is 0 Å². The lowest BCUT2D eigenvalue weighted by Gasteiger charge is -2.19. The Labute approximate surface area is 629 Å². The van der Waals surface area contributed by atoms with E-state index in [9.17, 15) is 5.26 Å². The summed E-state index contributed by atoms with van der Waals surface area (Å²) < 4.78 is 6.93. The zero-order chi connectivity index (χ0) is 72.5. The Bertz CT molecular complexity index is 6780. The van der Waals surface area contributed by atoms with Crippen LogP contribution in [0.15, 0.2) is 376 Å². The molecule has 0 atom stereocenters. The summed E-state index contributed by atoms with van der Waals surface area (Å²) in [5.41, 5.74) is 26.2. The first-order valence-corrected chi connectivity index (χ1v) is 36.5. The number of fused-ring (bicyclic) bond motifs is 9. The van der Waals surface area contributed by atoms with E-state index >= 15 is 0 Å². The van der Waals surface area contributed by atoms with Gasteiger partial charge in [-0.1, -0.05) is 273 Å². The van der Waals surface area contributed by atoms with Crippen molar-refractivity contribution in [2.45, 2.75) is 0 Å². The lowest BCUT2D eigenvalue weighted by Crippen LogP contribution is -2.06. The first-order chi connectivity index (χ1) is 53.9. The fourth-order valence-corrected chi connectivity index (χ4v) is 16.2. The Morgan fingerprint density at radius 3 is 0.890 bits per heavy atom. The third-order valence-electron chi connectivity index (χ3n) is 21.4. The van der Waals surface area contributed by atoms with Crippen molar-refractivity contribution in [3.8, 4) is 135 Å². The van der Waals surface area contributed by atoms with Gasteiger partial charge in [0.05, 0.1) is 62.3 Å². The third kappa shape index (κ3) is 11.1. The standard InChI is InChI=1S/C101H62N8/c1-103-79-47-55-97(108-93-51-43-74(67-28-13-4-14-29-67)58-84(93)85-59-75(44-52-94(85)108)68-30-15-5-16-31-68)88(63-79)101-105-99(71-36-21-8-22-37-71)104-100(106-101)81-48-40-78(62-98(81)109-95-53-45-76(69-32-17-6-18-33-69)60-86(95)87-61-77(46-54-96(87)109)70-34-19-7-20-35-70)80-38-23-39-90(89(80)64-102)107-91-49-41-72(65-24-9-2-10-25-65)56-82(91)83-57-73(42-50-92(83)107)66-26-11-3-12-27-66/h2-63H. The monoisotopic (exact) mass is 1390 g/mol. The average molecular weight is 1390 g/mol. The highest BCUT2D eigenvalue weighted by atomic mass is 15.1. The van der Waals surface area contributed by atoms with Crippen molar-refractivity contribution >= 4 is 71.1 Å². The average Bonchev–Trinajstić information content (AvgIpc) is 1.61. The number of nitriles is 1. The van der Waals surface area contributed by atoms with Gasteiger partial charge >= 0.3 is 0 Å². The number of hydrogen-bond acceptors (Lipinski definition) is 4. The molecule has 4 aromatic heterocycles. The predicted octanol–water partition coefficient (Wildman–Crippen LogP) is 26.3. The van der Waals surface area contributed by atoms with Crippen molar-refractivity contribution in [3.05, 3.63) is 393 Å². The van der Waals surface area contributed by atoms with Gasteiger partial charge in [-0.3, -0.25) is 0 Å². The van der Waals surface area contributed by atoms with E-state index in [1.165, 1.54) is 0 Å². The van der Waals surface area contributed by atoms with E-state index in [0.717, 1.165) is 166 Å². The van der Waals surface area contributed by atoms with Crippen molar-refractivity contribution in [1.82, 2.24) is 28.7 Å². The van der Waals surface area contributed by atoms with Crippen LogP contribution in [0.25, 0.3) is 199 Å². The van der Waals surface area contributed by atoms with Crippen LogP contribution in [0.1, 0.15) is 5.56 Å². The molecule has 8 heteroatoms. The third-order valence-corrected chi connectivity index (χ3v) is 21.4. The first-order valence-electron chi connectivity index (χ1n) is 36.5. The fraction of sp³-hybridized carbons (Fsp3) is 0. The molecule has 0 saturated carbocycles. The van der Waals surface area contributed by atoms with Gasteiger partial charge in [-0.2, -0.15) is 5.26 Å². The van der Waals surface area contributed by atoms with Crippen LogP contribution in [-0.4, -0.2) is 28.7 Å². The van der Waals surface area contributed by atoms with Crippen molar-refractivity contribution in [2.75, 3.05) is 0 Å². The quantitative estimate of drug-likeness (QED) is 0.108. The van der Waals surface area contributed by atoms with E-state index in [4.69, 9.17) is 21.5 Å². The van der Waals surface area contributed by atoms with Crippen LogP contribution in [0, 0.1) is 17.9 Å². The maximum atomic E-state index is 12.0. The SMILES string of the molecule is [C-]#[N+]c1ccc(-n2c3ccc(-c4ccccc4)cc3c3cc(-c4ccccc4)ccc32)c(-c2nc(-c3ccccc3)nc(-c3ccc(-c4cccc(-n5c6ccc(-c7ccccc7)cc6c6cc(-c7ccccc7)ccc65)c4C#N)cc3-n3c4ccc(-c5ccccc5)cc4c4cc(-c5ccccc5)ccc43)n2)c1. The Hall–Kier alpha value is -15.1. The summed E-state index contributed by atoms with van der Waals surface area (Å²) in [5, 5.41) is 18.5. The van der Waals surface area contributed by atoms with Gasteiger partial charge in [0.15, 0.2) is 23.2 Å². The van der Waals surface area contributed by atoms with Crippen LogP contribution in [-0.2, 0) is 0 Å². The maximum Gasteiger partial charge on any atom is 0.188 e. The van der Waals surface area contributed by atoms with E-state index in [-0.39, 0.29) is 0 Å². The molecule has 0 aliphatic heterocycles. The molecule has 0 unspecified atom stereocenters. The van der Waals surface area contributed by atoms with Gasteiger partial charge in [0.1, 0.15) is 6.07 Å². The summed E-state index contributed by atoms with van der Waals surface area (Å²) in [5.74, 6) is 1.25. The highest BCUT2D eigenvalue weighted by Crippen LogP contribution is 2.46. The van der Waals surface area contributed by atoms with Crippen LogP contribution in [0.4, 0.5) is 5.69 Å². The normalized spacial score (nSPS) is 11.5. The van der Waals surface area contributed by atoms with Crippen LogP contribution >= 0.6 is 0 Å². The number of hydrogen-bond donors (Lipinski definition) is 0. The summed E-state index contributed by atoms with van der Waals surface area (Å²) in [4.78, 5) is 20.9. The fourth-order valence-electron chi connectivity index (χ4n) is 16.2. The summed E-state index contributed by atoms with van der Waals surface area (Å²) >= 11 is 0. The smallest absolute Gasteiger partial charge is 0.188 e. The summed E-state index contributed by atoms with van der Waals surface area (Å²) in [6, 6.07) is 135. The van der Waals surface area contributed by atoms with Gasteiger partial charge in [0, 0.05) is 54.6 Å². The highest BCUT2D eigenvalue weighted by Gasteiger charge is 2.27. The molecule has 0 bridgehead atoms. The molecule has 0 saturated heterocycles. The number of nitrogens with zero attached hydrogens (tertiary/aromatic N) is 8. The van der Waals surface area contributed by atoms with E-state index in [1.807, 2.05) is 60.7 Å². The first kappa shape index (κ1) is 63.6. The molecule has 0 fully saturated rings. The Morgan fingerprint density at radius 1 is 0.229 bits per heavy atom. The molecule has 20 aromatic rings. The number of benzene rings is 16. The molecule has 8 nitrogen and oxygen atoms in total. The lowest BCUT2D eigenvalue weighted by molar-refractivity contribution is 1.06. The summed E-state index contributed by atoms with van der Waals surface area (Å²) in [7, 11) is 0. The van der Waals surface area contributed by atoms with E-state index in [0.29, 0.717) is 39.9 Å². The molecule has 0 radical (unpaired) electrons. The molecule has 0 aliphatic carbocycles. The molecular formula is C101H62N8. The molecule has 16 aromatic carbocycles. The van der Waals surface area contributed by atoms with Crippen LogP contribution in [0.5, 0.6) is 0 Å². The predicted molar refractivity (Wildman–Crippen MR) is 448 cm³/mol. The molecule has 0 aliphatic rings. The molecular weight excluding hydrogens is 1330 g/mol. The topological polar surface area (TPSA) is 81.6 Å². The van der Waals surface area contributed by atoms with E-state index in [1.54, 1.807) is 0 Å². The molecule has 0 amide bonds. The number of aromatic nitrogens is 6. The van der Waals surface area contributed by atoms with Crippen LogP contribution in [0.3, 0.4) is 0 Å². The van der Waals surface area contributed by atoms with Gasteiger partial charge in [-0.25, -0.2) is 19.8 Å². The van der Waals surface area contributed by atoms with Gasteiger partial charge in [-0.05, 0) is 175 Å². The molecule has 109 heavy (non-hydrogen) atoms. The Morgan fingerprint density at radius 2 is 0.541 bits per heavy atom. The second-order valence-electron chi connectivity index (χ2n) is 27.6. The van der Waals surface area contributed by atoms with E-state index in [2.05, 4.69) is 340 Å². The van der Waals surface area contributed by atoms with Gasteiger partial charge < -0.3 is 13.7 Å². The highest BCUT2D eigenvalue weighted by molar-refractivity contribution is 6.15. The second-order valence-corrected chi connectivity index (χ2v) is 27.6. The lowest BCUT2D eigenvalue weighted by atomic mass is 9.96. The van der Waals surface area contributed by atoms with Crippen LogP contribution < -0.4 is 0 Å². The minimum absolute atomic E-state index is 0.385. The summed E-state index contributed by atoms with van der Waals surface area (Å²) in [6.45, 7) is 8.60. The van der Waals surface area contributed by atoms with Crippen LogP contribution in [0.2, 0.25) is 0 Å². The maximum absolute atomic E-state index is 12.0. The van der Waals surface area contributed by atoms with Crippen molar-refractivity contribution in [3.63, 3.8) is 0 Å². The zero-order valence-electron chi connectivity index (χ0n) is 58.9. The Kier molecular flexibility index (Phi) is 15.5. The molecule has 4 heterocycles. The molecule has 20 rings (SSSR count). The largest absolute Gasteiger partial charge is 0.309 e. The molecule has 506 valence electrons. The number of rotatable bonds is 13. The zero-order valence-corrected chi connectivity index (χ0v) is 58.9. The minimum Gasteiger partial charge on any atom is -0.309 e. The van der Waals surface area contributed by atoms with Crippen molar-refractivity contribution in [2.24, 2.45) is 0 Å². The second kappa shape index (κ2) is 26.6. The van der Waals surface area contributed by atoms with Gasteiger partial charge in [0.25, 0.3) is 0 Å². The van der Waals surface area contributed by atoms with Gasteiger partial charge in [-0.15, -0.1) is 0 Å². The summed E-state index contributed by atoms with van der Waals surface area (Å²) in [6.07, 6.45) is 0. The molecule has 0 spiro atoms.